The van der Waals surface area contributed by atoms with Crippen LogP contribution in [0.2, 0.25) is 0 Å². The summed E-state index contributed by atoms with van der Waals surface area (Å²) in [4.78, 5) is 8.24. The van der Waals surface area contributed by atoms with Crippen LogP contribution in [0.1, 0.15) is 0 Å². The Morgan fingerprint density at radius 1 is 1.38 bits per heavy atom. The third-order valence-electron chi connectivity index (χ3n) is 0.461. The monoisotopic (exact) mass is 162 g/mol. The van der Waals surface area contributed by atoms with E-state index in [0.29, 0.717) is 0 Å². The molecule has 0 saturated heterocycles. The maximum Gasteiger partial charge on any atom is 0.471 e. The Morgan fingerprint density at radius 2 is 1.62 bits per heavy atom. The van der Waals surface area contributed by atoms with Crippen molar-refractivity contribution >= 4 is 20.2 Å². The fourth-order valence-electron chi connectivity index (χ4n) is 0.0745. The van der Waals surface area contributed by atoms with Crippen LogP contribution in [0, 0.1) is 0 Å². The molecule has 0 radical (unpaired) electrons. The number of halogens is 1. The second-order valence-corrected chi connectivity index (χ2v) is 2.50. The standard InChI is InChI=1S/C2H7O4P.ClH/c1-5-7(3,4)6-2;/h1-2H3,(H,3,4);1H. The quantitative estimate of drug-likeness (QED) is 0.611. The molecular formula is C2H8ClO4P. The summed E-state index contributed by atoms with van der Waals surface area (Å²) in [6, 6.07) is 0. The molecular weight excluding hydrogens is 154 g/mol. The third-order valence-corrected chi connectivity index (χ3v) is 1.38. The first-order valence-electron chi connectivity index (χ1n) is 1.56. The van der Waals surface area contributed by atoms with Crippen LogP contribution in [0.5, 0.6) is 0 Å². The van der Waals surface area contributed by atoms with Gasteiger partial charge in [-0.2, -0.15) is 0 Å². The number of hydrogen-bond acceptors (Lipinski definition) is 3. The summed E-state index contributed by atoms with van der Waals surface area (Å²) in [5, 5.41) is 0. The van der Waals surface area contributed by atoms with Crippen molar-refractivity contribution in [2.45, 2.75) is 0 Å². The second kappa shape index (κ2) is 4.30. The summed E-state index contributed by atoms with van der Waals surface area (Å²) in [5.74, 6) is 0. The molecule has 0 aliphatic heterocycles. The molecule has 0 aromatic heterocycles. The highest BCUT2D eigenvalue weighted by Crippen LogP contribution is 2.40. The van der Waals surface area contributed by atoms with Gasteiger partial charge in [0.2, 0.25) is 0 Å². The van der Waals surface area contributed by atoms with Crippen LogP contribution >= 0.6 is 20.2 Å². The van der Waals surface area contributed by atoms with Gasteiger partial charge in [0, 0.05) is 14.2 Å². The van der Waals surface area contributed by atoms with Crippen molar-refractivity contribution in [2.75, 3.05) is 14.2 Å². The smallest absolute Gasteiger partial charge is 0.303 e. The normalized spacial score (nSPS) is 10.4. The molecule has 0 aromatic rings. The molecule has 0 aliphatic rings. The van der Waals surface area contributed by atoms with E-state index in [4.69, 9.17) is 4.89 Å². The molecule has 8 heavy (non-hydrogen) atoms. The van der Waals surface area contributed by atoms with Gasteiger partial charge in [-0.05, 0) is 0 Å². The fourth-order valence-corrected chi connectivity index (χ4v) is 0.224. The summed E-state index contributed by atoms with van der Waals surface area (Å²) in [7, 11) is -1.45. The Labute approximate surface area is 53.8 Å². The van der Waals surface area contributed by atoms with Gasteiger partial charge in [0.15, 0.2) is 0 Å². The lowest BCUT2D eigenvalue weighted by Crippen LogP contribution is -1.83. The highest BCUT2D eigenvalue weighted by Gasteiger charge is 2.13. The predicted molar refractivity (Wildman–Crippen MR) is 31.1 cm³/mol. The minimum atomic E-state index is -3.65. The van der Waals surface area contributed by atoms with Gasteiger partial charge in [-0.1, -0.05) is 0 Å². The van der Waals surface area contributed by atoms with Crippen LogP contribution in [0.15, 0.2) is 0 Å². The molecule has 0 atom stereocenters. The van der Waals surface area contributed by atoms with Gasteiger partial charge in [0.25, 0.3) is 0 Å². The Hall–Kier alpha value is 0.400. The van der Waals surface area contributed by atoms with Crippen LogP contribution in [0.4, 0.5) is 0 Å². The Bertz CT molecular complexity index is 86.0. The lowest BCUT2D eigenvalue weighted by Gasteiger charge is -2.01. The van der Waals surface area contributed by atoms with Crippen molar-refractivity contribution in [1.82, 2.24) is 0 Å². The summed E-state index contributed by atoms with van der Waals surface area (Å²) >= 11 is 0. The SMILES string of the molecule is COP(=O)(O)OC.Cl. The summed E-state index contributed by atoms with van der Waals surface area (Å²) < 4.78 is 18.0. The highest BCUT2D eigenvalue weighted by molar-refractivity contribution is 7.47. The molecule has 0 bridgehead atoms. The average molecular weight is 163 g/mol. The number of phosphoric ester groups is 1. The van der Waals surface area contributed by atoms with E-state index >= 15 is 0 Å². The zero-order valence-corrected chi connectivity index (χ0v) is 6.24. The Balaban J connectivity index is 0. The van der Waals surface area contributed by atoms with Gasteiger partial charge in [0.1, 0.15) is 0 Å². The molecule has 6 heteroatoms. The fraction of sp³-hybridized carbons (Fsp3) is 1.00. The molecule has 0 aromatic carbocycles. The summed E-state index contributed by atoms with van der Waals surface area (Å²) in [6.07, 6.45) is 0. The van der Waals surface area contributed by atoms with Crippen molar-refractivity contribution in [1.29, 1.82) is 0 Å². The highest BCUT2D eigenvalue weighted by atomic mass is 35.5. The van der Waals surface area contributed by atoms with E-state index in [1.807, 2.05) is 0 Å². The van der Waals surface area contributed by atoms with Crippen molar-refractivity contribution in [3.05, 3.63) is 0 Å². The van der Waals surface area contributed by atoms with E-state index in [1.54, 1.807) is 0 Å². The van der Waals surface area contributed by atoms with E-state index < -0.39 is 7.82 Å². The van der Waals surface area contributed by atoms with Gasteiger partial charge in [-0.25, -0.2) is 4.57 Å². The van der Waals surface area contributed by atoms with Gasteiger partial charge in [0.05, 0.1) is 0 Å². The van der Waals surface area contributed by atoms with Crippen LogP contribution in [-0.2, 0) is 13.6 Å². The number of rotatable bonds is 2. The van der Waals surface area contributed by atoms with E-state index in [-0.39, 0.29) is 12.4 Å². The van der Waals surface area contributed by atoms with Gasteiger partial charge < -0.3 is 4.89 Å². The summed E-state index contributed by atoms with van der Waals surface area (Å²) in [5.41, 5.74) is 0. The molecule has 0 unspecified atom stereocenters. The van der Waals surface area contributed by atoms with Crippen molar-refractivity contribution in [2.24, 2.45) is 0 Å². The first-order valence-corrected chi connectivity index (χ1v) is 3.06. The van der Waals surface area contributed by atoms with Gasteiger partial charge in [-0.15, -0.1) is 12.4 Å². The Morgan fingerprint density at radius 3 is 1.62 bits per heavy atom. The largest absolute Gasteiger partial charge is 0.471 e. The van der Waals surface area contributed by atoms with Crippen molar-refractivity contribution in [3.63, 3.8) is 0 Å². The molecule has 0 spiro atoms. The van der Waals surface area contributed by atoms with Crippen molar-refractivity contribution < 1.29 is 18.5 Å². The minimum absolute atomic E-state index is 0. The van der Waals surface area contributed by atoms with E-state index in [2.05, 4.69) is 9.05 Å². The summed E-state index contributed by atoms with van der Waals surface area (Å²) in [6.45, 7) is 0. The molecule has 0 rings (SSSR count). The topological polar surface area (TPSA) is 55.8 Å². The zero-order valence-electron chi connectivity index (χ0n) is 4.53. The molecule has 0 aliphatic carbocycles. The second-order valence-electron chi connectivity index (χ2n) is 0.834. The van der Waals surface area contributed by atoms with Crippen LogP contribution in [-0.4, -0.2) is 19.1 Å². The maximum absolute atomic E-state index is 10.1. The Kier molecular flexibility index (Phi) is 6.03. The zero-order chi connectivity index (χ0) is 5.91. The molecule has 0 saturated carbocycles. The van der Waals surface area contributed by atoms with Gasteiger partial charge in [-0.3, -0.25) is 9.05 Å². The van der Waals surface area contributed by atoms with E-state index in [9.17, 15) is 4.57 Å². The van der Waals surface area contributed by atoms with E-state index in [1.165, 1.54) is 0 Å². The third kappa shape index (κ3) is 4.56. The molecule has 52 valence electrons. The number of phosphoric acid groups is 1. The minimum Gasteiger partial charge on any atom is -0.303 e. The van der Waals surface area contributed by atoms with E-state index in [0.717, 1.165) is 14.2 Å². The average Bonchev–Trinajstić information content (AvgIpc) is 1.68. The van der Waals surface area contributed by atoms with Crippen molar-refractivity contribution in [3.8, 4) is 0 Å². The molecule has 0 fully saturated rings. The molecule has 0 amide bonds. The van der Waals surface area contributed by atoms with Gasteiger partial charge >= 0.3 is 7.82 Å². The molecule has 4 nitrogen and oxygen atoms in total. The lowest BCUT2D eigenvalue weighted by atomic mass is 11.8. The molecule has 1 N–H and O–H groups in total. The molecule has 0 heterocycles. The maximum atomic E-state index is 10.1. The first-order chi connectivity index (χ1) is 3.12. The lowest BCUT2D eigenvalue weighted by molar-refractivity contribution is 0.204. The van der Waals surface area contributed by atoms with Crippen LogP contribution in [0.25, 0.3) is 0 Å². The predicted octanol–water partition coefficient (Wildman–Crippen LogP) is 0.801. The first kappa shape index (κ1) is 11.2. The number of hydrogen-bond donors (Lipinski definition) is 1. The van der Waals surface area contributed by atoms with Crippen LogP contribution in [0.3, 0.4) is 0 Å². The van der Waals surface area contributed by atoms with Crippen LogP contribution < -0.4 is 0 Å².